The maximum atomic E-state index is 12.7. The molecule has 0 aliphatic rings. The van der Waals surface area contributed by atoms with Crippen LogP contribution in [0, 0.1) is 0 Å². The number of phosphoric ester groups is 2. The van der Waals surface area contributed by atoms with E-state index in [-0.39, 0.29) is 12.8 Å². The van der Waals surface area contributed by atoms with Gasteiger partial charge in [-0.25, -0.2) is 9.13 Å². The Kier molecular flexibility index (Phi) is 40.9. The van der Waals surface area contributed by atoms with Gasteiger partial charge in [0.2, 0.25) is 0 Å². The Labute approximate surface area is 393 Å². The van der Waals surface area contributed by atoms with Gasteiger partial charge >= 0.3 is 27.6 Å². The minimum atomic E-state index is -4.89. The van der Waals surface area contributed by atoms with Crippen molar-refractivity contribution < 1.29 is 66.7 Å². The third-order valence-corrected chi connectivity index (χ3v) is 9.76. The molecule has 0 radical (unpaired) electrons. The standard InChI is InChI=1S/C50H76O14P2/c1-3-5-7-9-11-12-13-14-15-16-17-18-19-20-21-25-28-32-36-40-49(53)60-44-48(45-63-66(58,59)62-43-47(52)42-61-65(55,56)57)64-50(54)41-37-33-29-26-23-22-24-27-31-35-39-46(51)38-34-30-10-8-6-4-2/h5-8,11-12,14-15,17-18,20-23,27-35,39,46-48,51-52H,3-4,9-10,13,16,19,24-26,36-38,40-45H2,1-2H3,(H,58,59)(H2,55,56,57)/b7-5-,8-6-,12-11-,15-14-,18-17-,21-20-,23-22-,31-27-,32-28-,33-29-,34-30-,39-35+/t46?,47-,48+/m0/s1. The van der Waals surface area contributed by atoms with Crippen LogP contribution in [0.3, 0.4) is 0 Å². The summed E-state index contributed by atoms with van der Waals surface area (Å²) in [5.74, 6) is -1.27. The molecule has 370 valence electrons. The number of hydrogen-bond donors (Lipinski definition) is 5. The molecule has 0 fully saturated rings. The van der Waals surface area contributed by atoms with E-state index >= 15 is 0 Å². The maximum Gasteiger partial charge on any atom is 0.472 e. The van der Waals surface area contributed by atoms with E-state index in [0.29, 0.717) is 38.5 Å². The molecule has 0 aromatic rings. The van der Waals surface area contributed by atoms with Gasteiger partial charge in [-0.15, -0.1) is 0 Å². The molecule has 0 rings (SSSR count). The molecule has 0 amide bonds. The maximum absolute atomic E-state index is 12.7. The minimum absolute atomic E-state index is 0.0341. The highest BCUT2D eigenvalue weighted by Gasteiger charge is 2.28. The van der Waals surface area contributed by atoms with E-state index in [1.165, 1.54) is 0 Å². The van der Waals surface area contributed by atoms with Crippen LogP contribution < -0.4 is 0 Å². The van der Waals surface area contributed by atoms with Crippen molar-refractivity contribution in [3.63, 3.8) is 0 Å². The topological polar surface area (TPSA) is 216 Å². The van der Waals surface area contributed by atoms with Crippen molar-refractivity contribution in [2.24, 2.45) is 0 Å². The smallest absolute Gasteiger partial charge is 0.462 e. The molecule has 0 spiro atoms. The number of phosphoric acid groups is 2. The van der Waals surface area contributed by atoms with Crippen LogP contribution in [-0.4, -0.2) is 81.6 Å². The second-order valence-corrected chi connectivity index (χ2v) is 17.1. The predicted molar refractivity (Wildman–Crippen MR) is 263 cm³/mol. The lowest BCUT2D eigenvalue weighted by molar-refractivity contribution is -0.161. The van der Waals surface area contributed by atoms with E-state index in [4.69, 9.17) is 23.8 Å². The monoisotopic (exact) mass is 962 g/mol. The lowest BCUT2D eigenvalue weighted by Crippen LogP contribution is -2.29. The Hall–Kier alpha value is -4.04. The first-order chi connectivity index (χ1) is 31.8. The number of esters is 2. The Morgan fingerprint density at radius 3 is 1.38 bits per heavy atom. The third kappa shape index (κ3) is 46.5. The van der Waals surface area contributed by atoms with Crippen LogP contribution in [0.1, 0.15) is 110 Å². The van der Waals surface area contributed by atoms with Gasteiger partial charge in [0.25, 0.3) is 0 Å². The fourth-order valence-corrected chi connectivity index (χ4v) is 6.11. The second-order valence-electron chi connectivity index (χ2n) is 14.4. The molecule has 0 aromatic carbocycles. The van der Waals surface area contributed by atoms with Gasteiger partial charge in [0, 0.05) is 12.8 Å². The number of ether oxygens (including phenoxy) is 2. The molecule has 0 heterocycles. The van der Waals surface area contributed by atoms with Crippen molar-refractivity contribution in [3.05, 3.63) is 146 Å². The highest BCUT2D eigenvalue weighted by molar-refractivity contribution is 7.47. The molecular formula is C50H76O14P2. The van der Waals surface area contributed by atoms with Crippen molar-refractivity contribution in [3.8, 4) is 0 Å². The lowest BCUT2D eigenvalue weighted by Gasteiger charge is -2.20. The number of hydrogen-bond acceptors (Lipinski definition) is 11. The summed E-state index contributed by atoms with van der Waals surface area (Å²) in [5, 5.41) is 19.8. The highest BCUT2D eigenvalue weighted by atomic mass is 31.2. The molecule has 0 aromatic heterocycles. The van der Waals surface area contributed by atoms with Crippen LogP contribution in [0.2, 0.25) is 0 Å². The molecule has 0 aliphatic heterocycles. The number of carbonyl (C=O) groups excluding carboxylic acids is 2. The van der Waals surface area contributed by atoms with Gasteiger partial charge in [-0.3, -0.25) is 23.2 Å². The Balaban J connectivity index is 4.82. The van der Waals surface area contributed by atoms with Gasteiger partial charge in [-0.1, -0.05) is 160 Å². The molecular weight excluding hydrogens is 886 g/mol. The normalized spacial score (nSPS) is 15.7. The third-order valence-electron chi connectivity index (χ3n) is 8.32. The van der Waals surface area contributed by atoms with E-state index in [1.54, 1.807) is 12.2 Å². The molecule has 5 N–H and O–H groups in total. The fourth-order valence-electron chi connectivity index (χ4n) is 4.95. The number of rotatable bonds is 40. The molecule has 0 saturated carbocycles. The molecule has 66 heavy (non-hydrogen) atoms. The quantitative estimate of drug-likeness (QED) is 0.0167. The van der Waals surface area contributed by atoms with Crippen molar-refractivity contribution >= 4 is 27.6 Å². The zero-order valence-corrected chi connectivity index (χ0v) is 40.6. The van der Waals surface area contributed by atoms with E-state index < -0.39 is 72.3 Å². The number of carbonyl (C=O) groups is 2. The fraction of sp³-hybridized carbons (Fsp3) is 0.480. The van der Waals surface area contributed by atoms with Crippen molar-refractivity contribution in [1.82, 2.24) is 0 Å². The van der Waals surface area contributed by atoms with E-state index in [1.807, 2.05) is 66.8 Å². The zero-order chi connectivity index (χ0) is 48.8. The molecule has 16 heteroatoms. The van der Waals surface area contributed by atoms with Crippen LogP contribution in [0.4, 0.5) is 0 Å². The Morgan fingerprint density at radius 2 is 0.894 bits per heavy atom. The first-order valence-corrected chi connectivity index (χ1v) is 25.7. The van der Waals surface area contributed by atoms with Gasteiger partial charge in [0.05, 0.1) is 25.9 Å². The molecule has 14 nitrogen and oxygen atoms in total. The minimum Gasteiger partial charge on any atom is -0.462 e. The van der Waals surface area contributed by atoms with Crippen LogP contribution in [-0.2, 0) is 41.8 Å². The van der Waals surface area contributed by atoms with Crippen LogP contribution >= 0.6 is 15.6 Å². The summed E-state index contributed by atoms with van der Waals surface area (Å²) >= 11 is 0. The van der Waals surface area contributed by atoms with Crippen molar-refractivity contribution in [2.45, 2.75) is 128 Å². The summed E-state index contributed by atoms with van der Waals surface area (Å²) in [4.78, 5) is 52.7. The first kappa shape index (κ1) is 62.0. The number of aliphatic hydroxyl groups is 2. The molecule has 0 saturated heterocycles. The van der Waals surface area contributed by atoms with Crippen molar-refractivity contribution in [1.29, 1.82) is 0 Å². The van der Waals surface area contributed by atoms with Gasteiger partial charge in [0.15, 0.2) is 6.10 Å². The average molecular weight is 963 g/mol. The highest BCUT2D eigenvalue weighted by Crippen LogP contribution is 2.43. The number of allylic oxidation sites excluding steroid dienone is 22. The lowest BCUT2D eigenvalue weighted by atomic mass is 10.2. The largest absolute Gasteiger partial charge is 0.472 e. The summed E-state index contributed by atoms with van der Waals surface area (Å²) < 4.78 is 47.6. The summed E-state index contributed by atoms with van der Waals surface area (Å²) in [7, 11) is -9.76. The Morgan fingerprint density at radius 1 is 0.485 bits per heavy atom. The summed E-state index contributed by atoms with van der Waals surface area (Å²) in [6, 6.07) is 0. The van der Waals surface area contributed by atoms with Gasteiger partial charge in [-0.05, 0) is 83.5 Å². The van der Waals surface area contributed by atoms with Crippen LogP contribution in [0.15, 0.2) is 146 Å². The van der Waals surface area contributed by atoms with Gasteiger partial charge in [-0.2, -0.15) is 0 Å². The van der Waals surface area contributed by atoms with Crippen LogP contribution in [0.5, 0.6) is 0 Å². The first-order valence-electron chi connectivity index (χ1n) is 22.6. The molecule has 2 unspecified atom stereocenters. The molecule has 0 aliphatic carbocycles. The predicted octanol–water partition coefficient (Wildman–Crippen LogP) is 11.0. The summed E-state index contributed by atoms with van der Waals surface area (Å²) in [5.41, 5.74) is 0. The van der Waals surface area contributed by atoms with Crippen LogP contribution in [0.25, 0.3) is 0 Å². The molecule has 0 bridgehead atoms. The average Bonchev–Trinajstić information content (AvgIpc) is 3.28. The second kappa shape index (κ2) is 43.5. The van der Waals surface area contributed by atoms with Gasteiger partial charge < -0.3 is 34.4 Å². The molecule has 4 atom stereocenters. The zero-order valence-electron chi connectivity index (χ0n) is 38.8. The summed E-state index contributed by atoms with van der Waals surface area (Å²) in [6.45, 7) is 1.25. The van der Waals surface area contributed by atoms with E-state index in [2.05, 4.69) is 89.7 Å². The Bertz CT molecular complexity index is 1730. The van der Waals surface area contributed by atoms with Crippen molar-refractivity contribution in [2.75, 3.05) is 26.4 Å². The number of aliphatic hydroxyl groups excluding tert-OH is 2. The SMILES string of the molecule is CC/C=C\C/C=C\C/C=C\C/C=C\C/C=C\C/C=C\CCC(=O)OC[C@H](COP(=O)(O)OC[C@@H](O)COP(=O)(O)O)OC(=O)CC/C=C\C/C=C\C/C=C\C=C\C(O)C/C=C\C/C=C\CC. The van der Waals surface area contributed by atoms with Gasteiger partial charge in [0.1, 0.15) is 12.7 Å². The van der Waals surface area contributed by atoms with E-state index in [0.717, 1.165) is 44.9 Å². The van der Waals surface area contributed by atoms with E-state index in [9.17, 15) is 33.8 Å². The summed E-state index contributed by atoms with van der Waals surface area (Å²) in [6.07, 6.45) is 54.6.